The highest BCUT2D eigenvalue weighted by atomic mass is 16.6. The molecule has 0 unspecified atom stereocenters. The van der Waals surface area contributed by atoms with E-state index in [0.717, 1.165) is 6.08 Å². The molecule has 12 heteroatoms. The fraction of sp³-hybridized carbons (Fsp3) is 0.519. The van der Waals surface area contributed by atoms with Crippen molar-refractivity contribution >= 4 is 36.2 Å². The van der Waals surface area contributed by atoms with Crippen LogP contribution >= 0.6 is 0 Å². The number of carboxylic acids is 1. The SMILES string of the molecule is CC(C)(C)OC(=O)NCCCC(=O)Oc1ccc(/C=C/C(=O)O)cc1OC(=O)CCCNC(=O)OC(C)(C)C. The molecule has 12 nitrogen and oxygen atoms in total. The van der Waals surface area contributed by atoms with E-state index in [2.05, 4.69) is 10.6 Å². The van der Waals surface area contributed by atoms with E-state index in [1.807, 2.05) is 0 Å². The van der Waals surface area contributed by atoms with Crippen molar-refractivity contribution in [3.63, 3.8) is 0 Å². The third kappa shape index (κ3) is 16.4. The Balaban J connectivity index is 2.72. The van der Waals surface area contributed by atoms with E-state index in [-0.39, 0.29) is 50.3 Å². The number of hydrogen-bond donors (Lipinski definition) is 3. The van der Waals surface area contributed by atoms with Gasteiger partial charge >= 0.3 is 30.1 Å². The van der Waals surface area contributed by atoms with Crippen LogP contribution in [0.2, 0.25) is 0 Å². The van der Waals surface area contributed by atoms with Crippen LogP contribution in [0.1, 0.15) is 72.8 Å². The quantitative estimate of drug-likeness (QED) is 0.148. The van der Waals surface area contributed by atoms with Gasteiger partial charge in [-0.25, -0.2) is 14.4 Å². The molecular formula is C27H38N2O10. The molecule has 1 aromatic carbocycles. The smallest absolute Gasteiger partial charge is 0.407 e. The van der Waals surface area contributed by atoms with Gasteiger partial charge < -0.3 is 34.7 Å². The zero-order chi connectivity index (χ0) is 29.6. The van der Waals surface area contributed by atoms with Crippen molar-refractivity contribution in [1.82, 2.24) is 10.6 Å². The number of nitrogens with one attached hydrogen (secondary N) is 2. The Morgan fingerprint density at radius 3 is 1.67 bits per heavy atom. The largest absolute Gasteiger partial charge is 0.478 e. The Bertz CT molecular complexity index is 1050. The Labute approximate surface area is 228 Å². The molecule has 0 fully saturated rings. The molecule has 0 radical (unpaired) electrons. The monoisotopic (exact) mass is 550 g/mol. The predicted octanol–water partition coefficient (Wildman–Crippen LogP) is 4.21. The summed E-state index contributed by atoms with van der Waals surface area (Å²) >= 11 is 0. The second-order valence-electron chi connectivity index (χ2n) is 10.4. The standard InChI is InChI=1S/C27H38N2O10/c1-26(2,3)38-24(34)28-15-7-9-22(32)36-19-13-11-18(12-14-21(30)31)17-20(19)37-23(33)10-8-16-29-25(35)39-27(4,5)6/h11-14,17H,7-10,15-16H2,1-6H3,(H,28,34)(H,29,35)(H,30,31)/b14-12+. The second-order valence-corrected chi connectivity index (χ2v) is 10.4. The van der Waals surface area contributed by atoms with Crippen molar-refractivity contribution in [3.8, 4) is 11.5 Å². The van der Waals surface area contributed by atoms with Crippen LogP contribution in [0.3, 0.4) is 0 Å². The van der Waals surface area contributed by atoms with Crippen LogP contribution in [0.5, 0.6) is 11.5 Å². The number of carboxylic acid groups (broad SMARTS) is 1. The summed E-state index contributed by atoms with van der Waals surface area (Å²) in [6.07, 6.45) is 1.42. The summed E-state index contributed by atoms with van der Waals surface area (Å²) in [7, 11) is 0. The normalized spacial score (nSPS) is 11.4. The van der Waals surface area contributed by atoms with Crippen LogP contribution in [-0.4, -0.2) is 59.5 Å². The van der Waals surface area contributed by atoms with Gasteiger partial charge in [0, 0.05) is 32.0 Å². The molecule has 1 rings (SSSR count). The first-order valence-corrected chi connectivity index (χ1v) is 12.4. The first kappa shape index (κ1) is 32.9. The molecule has 0 saturated carbocycles. The molecule has 0 bridgehead atoms. The molecule has 0 saturated heterocycles. The fourth-order valence-corrected chi connectivity index (χ4v) is 2.78. The van der Waals surface area contributed by atoms with E-state index in [9.17, 15) is 24.0 Å². The van der Waals surface area contributed by atoms with E-state index >= 15 is 0 Å². The lowest BCUT2D eigenvalue weighted by Gasteiger charge is -2.19. The van der Waals surface area contributed by atoms with Gasteiger partial charge in [-0.2, -0.15) is 0 Å². The van der Waals surface area contributed by atoms with Gasteiger partial charge in [-0.15, -0.1) is 0 Å². The molecule has 1 aromatic rings. The van der Waals surface area contributed by atoms with Crippen LogP contribution in [0.4, 0.5) is 9.59 Å². The number of ether oxygens (including phenoxy) is 4. The minimum atomic E-state index is -1.17. The fourth-order valence-electron chi connectivity index (χ4n) is 2.78. The Morgan fingerprint density at radius 1 is 0.769 bits per heavy atom. The van der Waals surface area contributed by atoms with Crippen molar-refractivity contribution in [2.24, 2.45) is 0 Å². The van der Waals surface area contributed by atoms with E-state index < -0.39 is 41.3 Å². The van der Waals surface area contributed by atoms with Crippen molar-refractivity contribution < 1.29 is 48.0 Å². The van der Waals surface area contributed by atoms with Gasteiger partial charge in [-0.3, -0.25) is 9.59 Å². The molecular weight excluding hydrogens is 512 g/mol. The summed E-state index contributed by atoms with van der Waals surface area (Å²) in [5, 5.41) is 13.9. The summed E-state index contributed by atoms with van der Waals surface area (Å²) in [6.45, 7) is 10.8. The lowest BCUT2D eigenvalue weighted by Crippen LogP contribution is -2.33. The lowest BCUT2D eigenvalue weighted by atomic mass is 10.2. The molecule has 0 aliphatic heterocycles. The van der Waals surface area contributed by atoms with E-state index in [1.54, 1.807) is 41.5 Å². The van der Waals surface area contributed by atoms with Crippen molar-refractivity contribution in [2.75, 3.05) is 13.1 Å². The summed E-state index contributed by atoms with van der Waals surface area (Å²) in [6, 6.07) is 4.24. The van der Waals surface area contributed by atoms with Gasteiger partial charge in [0.15, 0.2) is 11.5 Å². The minimum absolute atomic E-state index is 0.0344. The second kappa shape index (κ2) is 15.4. The summed E-state index contributed by atoms with van der Waals surface area (Å²) in [4.78, 5) is 59.0. The van der Waals surface area contributed by atoms with Gasteiger partial charge in [0.25, 0.3) is 0 Å². The van der Waals surface area contributed by atoms with Crippen LogP contribution in [-0.2, 0) is 23.9 Å². The Hall–Kier alpha value is -4.09. The summed E-state index contributed by atoms with van der Waals surface area (Å²) < 4.78 is 21.0. The molecule has 0 heterocycles. The van der Waals surface area contributed by atoms with E-state index in [4.69, 9.17) is 24.1 Å². The number of benzene rings is 1. The lowest BCUT2D eigenvalue weighted by molar-refractivity contribution is -0.137. The zero-order valence-corrected chi connectivity index (χ0v) is 23.3. The molecule has 3 N–H and O–H groups in total. The number of hydrogen-bond acceptors (Lipinski definition) is 9. The van der Waals surface area contributed by atoms with Crippen LogP contribution in [0, 0.1) is 0 Å². The van der Waals surface area contributed by atoms with E-state index in [0.29, 0.717) is 5.56 Å². The van der Waals surface area contributed by atoms with E-state index in [1.165, 1.54) is 24.3 Å². The minimum Gasteiger partial charge on any atom is -0.478 e. The number of alkyl carbamates (subject to hydrolysis) is 2. The van der Waals surface area contributed by atoms with Crippen molar-refractivity contribution in [3.05, 3.63) is 29.8 Å². The number of esters is 2. The third-order valence-corrected chi connectivity index (χ3v) is 4.29. The highest BCUT2D eigenvalue weighted by Gasteiger charge is 2.18. The Kier molecular flexibility index (Phi) is 13.0. The maximum Gasteiger partial charge on any atom is 0.407 e. The summed E-state index contributed by atoms with van der Waals surface area (Å²) in [5.41, 5.74) is -0.892. The van der Waals surface area contributed by atoms with Gasteiger partial charge in [0.05, 0.1) is 0 Å². The third-order valence-electron chi connectivity index (χ3n) is 4.29. The van der Waals surface area contributed by atoms with Gasteiger partial charge in [0.2, 0.25) is 0 Å². The molecule has 0 aromatic heterocycles. The average Bonchev–Trinajstić information content (AvgIpc) is 2.77. The highest BCUT2D eigenvalue weighted by molar-refractivity contribution is 5.85. The van der Waals surface area contributed by atoms with Gasteiger partial charge in [-0.05, 0) is 78.2 Å². The number of carbonyl (C=O) groups is 5. The van der Waals surface area contributed by atoms with Crippen molar-refractivity contribution in [2.45, 2.75) is 78.4 Å². The number of carbonyl (C=O) groups excluding carboxylic acids is 4. The van der Waals surface area contributed by atoms with Gasteiger partial charge in [-0.1, -0.05) is 6.07 Å². The zero-order valence-electron chi connectivity index (χ0n) is 23.3. The molecule has 0 aliphatic carbocycles. The van der Waals surface area contributed by atoms with Crippen LogP contribution in [0.15, 0.2) is 24.3 Å². The molecule has 0 aliphatic rings. The van der Waals surface area contributed by atoms with Gasteiger partial charge in [0.1, 0.15) is 11.2 Å². The van der Waals surface area contributed by atoms with Crippen LogP contribution < -0.4 is 20.1 Å². The highest BCUT2D eigenvalue weighted by Crippen LogP contribution is 2.30. The maximum absolute atomic E-state index is 12.4. The molecule has 2 amide bonds. The first-order valence-electron chi connectivity index (χ1n) is 12.4. The molecule has 216 valence electrons. The maximum atomic E-state index is 12.4. The number of amides is 2. The summed E-state index contributed by atoms with van der Waals surface area (Å²) in [5.74, 6) is -2.56. The average molecular weight is 551 g/mol. The topological polar surface area (TPSA) is 167 Å². The number of rotatable bonds is 12. The van der Waals surface area contributed by atoms with Crippen molar-refractivity contribution in [1.29, 1.82) is 0 Å². The molecule has 0 spiro atoms. The molecule has 0 atom stereocenters. The predicted molar refractivity (Wildman–Crippen MR) is 141 cm³/mol. The first-order chi connectivity index (χ1) is 18.0. The van der Waals surface area contributed by atoms with Crippen LogP contribution in [0.25, 0.3) is 6.08 Å². The Morgan fingerprint density at radius 2 is 1.23 bits per heavy atom. The molecule has 39 heavy (non-hydrogen) atoms. The number of aliphatic carboxylic acids is 1.